The third-order valence-electron chi connectivity index (χ3n) is 3.54. The van der Waals surface area contributed by atoms with Crippen molar-refractivity contribution in [2.75, 3.05) is 11.5 Å². The molecule has 0 aliphatic carbocycles. The Morgan fingerprint density at radius 3 is 2.46 bits per heavy atom. The number of halogens is 1. The zero-order chi connectivity index (χ0) is 18.1. The molecule has 3 heterocycles. The monoisotopic (exact) mass is 385 g/mol. The Morgan fingerprint density at radius 1 is 1.00 bits per heavy atom. The quantitative estimate of drug-likeness (QED) is 0.406. The first-order valence-electron chi connectivity index (χ1n) is 7.47. The highest BCUT2D eigenvalue weighted by atomic mass is 32.2. The van der Waals surface area contributed by atoms with Crippen molar-refractivity contribution in [1.82, 2.24) is 24.9 Å². The maximum Gasteiger partial charge on any atom is 0.225 e. The van der Waals surface area contributed by atoms with Crippen LogP contribution in [0.25, 0.3) is 21.3 Å². The number of nitrogen functional groups attached to an aromatic ring is 2. The molecule has 0 bridgehead atoms. The second kappa shape index (κ2) is 6.81. The van der Waals surface area contributed by atoms with Gasteiger partial charge in [0.1, 0.15) is 27.8 Å². The van der Waals surface area contributed by atoms with Crippen LogP contribution < -0.4 is 11.5 Å². The first kappa shape index (κ1) is 16.6. The lowest BCUT2D eigenvalue weighted by Crippen LogP contribution is -2.06. The highest BCUT2D eigenvalue weighted by molar-refractivity contribution is 7.98. The van der Waals surface area contributed by atoms with Gasteiger partial charge in [0.25, 0.3) is 0 Å². The number of thiophene rings is 1. The molecule has 3 aromatic heterocycles. The molecule has 4 aromatic rings. The van der Waals surface area contributed by atoms with Crippen LogP contribution in [0.15, 0.2) is 41.0 Å². The Bertz CT molecular complexity index is 1060. The number of thioether (sulfide) groups is 1. The second-order valence-corrected chi connectivity index (χ2v) is 7.09. The first-order valence-corrected chi connectivity index (χ1v) is 9.33. The van der Waals surface area contributed by atoms with Crippen LogP contribution in [0.2, 0.25) is 0 Å². The summed E-state index contributed by atoms with van der Waals surface area (Å²) in [6, 6.07) is 6.36. The molecule has 0 saturated heterocycles. The molecule has 0 radical (unpaired) electrons. The van der Waals surface area contributed by atoms with Crippen LogP contribution in [0.3, 0.4) is 0 Å². The van der Waals surface area contributed by atoms with Gasteiger partial charge in [-0.15, -0.1) is 11.3 Å². The van der Waals surface area contributed by atoms with Crippen LogP contribution in [-0.4, -0.2) is 24.9 Å². The summed E-state index contributed by atoms with van der Waals surface area (Å²) in [4.78, 5) is 21.5. The SMILES string of the molecule is Nc1nc(N)nc(CSc2ncnc3scc(-c4ccc(F)cc4)c23)n1. The summed E-state index contributed by atoms with van der Waals surface area (Å²) < 4.78 is 13.2. The molecule has 0 unspecified atom stereocenters. The molecule has 7 nitrogen and oxygen atoms in total. The van der Waals surface area contributed by atoms with E-state index in [2.05, 4.69) is 24.9 Å². The third-order valence-corrected chi connectivity index (χ3v) is 5.42. The van der Waals surface area contributed by atoms with Crippen molar-refractivity contribution >= 4 is 45.2 Å². The van der Waals surface area contributed by atoms with E-state index in [1.807, 2.05) is 5.38 Å². The van der Waals surface area contributed by atoms with E-state index in [4.69, 9.17) is 11.5 Å². The van der Waals surface area contributed by atoms with Gasteiger partial charge in [0.2, 0.25) is 11.9 Å². The van der Waals surface area contributed by atoms with Gasteiger partial charge in [0.15, 0.2) is 0 Å². The second-order valence-electron chi connectivity index (χ2n) is 5.27. The van der Waals surface area contributed by atoms with Gasteiger partial charge in [-0.3, -0.25) is 0 Å². The molecule has 0 aliphatic heterocycles. The van der Waals surface area contributed by atoms with E-state index in [1.54, 1.807) is 12.1 Å². The Kier molecular flexibility index (Phi) is 4.35. The Hall–Kier alpha value is -2.85. The number of hydrogen-bond donors (Lipinski definition) is 2. The van der Waals surface area contributed by atoms with Gasteiger partial charge < -0.3 is 11.5 Å². The zero-order valence-corrected chi connectivity index (χ0v) is 14.9. The van der Waals surface area contributed by atoms with E-state index in [-0.39, 0.29) is 17.7 Å². The number of anilines is 2. The minimum atomic E-state index is -0.274. The standard InChI is InChI=1S/C16H12FN7S2/c17-9-3-1-8(2-4-9)10-5-25-13-12(10)14(21-7-20-13)26-6-11-22-15(18)24-16(19)23-11/h1-5,7H,6H2,(H4,18,19,22,23,24). The molecule has 1 aromatic carbocycles. The average Bonchev–Trinajstić information content (AvgIpc) is 3.04. The number of nitrogens with zero attached hydrogens (tertiary/aromatic N) is 5. The van der Waals surface area contributed by atoms with Crippen molar-refractivity contribution in [3.8, 4) is 11.1 Å². The molecule has 0 fully saturated rings. The lowest BCUT2D eigenvalue weighted by atomic mass is 10.1. The number of hydrogen-bond acceptors (Lipinski definition) is 9. The van der Waals surface area contributed by atoms with Crippen LogP contribution >= 0.6 is 23.1 Å². The van der Waals surface area contributed by atoms with Crippen LogP contribution in [0.1, 0.15) is 5.82 Å². The molecule has 0 amide bonds. The fourth-order valence-corrected chi connectivity index (χ4v) is 4.30. The minimum Gasteiger partial charge on any atom is -0.368 e. The molecule has 10 heteroatoms. The Labute approximate surface area is 155 Å². The first-order chi connectivity index (χ1) is 12.6. The Morgan fingerprint density at radius 2 is 1.73 bits per heavy atom. The number of benzene rings is 1. The lowest BCUT2D eigenvalue weighted by Gasteiger charge is -2.05. The number of aromatic nitrogens is 5. The van der Waals surface area contributed by atoms with Gasteiger partial charge in [0, 0.05) is 10.9 Å². The molecule has 130 valence electrons. The molecule has 26 heavy (non-hydrogen) atoms. The topological polar surface area (TPSA) is 116 Å². The van der Waals surface area contributed by atoms with E-state index in [1.165, 1.54) is 41.6 Å². The van der Waals surface area contributed by atoms with E-state index in [9.17, 15) is 4.39 Å². The maximum absolute atomic E-state index is 13.2. The summed E-state index contributed by atoms with van der Waals surface area (Å²) in [5.41, 5.74) is 13.1. The highest BCUT2D eigenvalue weighted by Crippen LogP contribution is 2.38. The van der Waals surface area contributed by atoms with E-state index >= 15 is 0 Å². The molecule has 0 aliphatic rings. The normalized spacial score (nSPS) is 11.1. The summed E-state index contributed by atoms with van der Waals surface area (Å²) >= 11 is 2.97. The lowest BCUT2D eigenvalue weighted by molar-refractivity contribution is 0.628. The van der Waals surface area contributed by atoms with Gasteiger partial charge in [0.05, 0.1) is 11.1 Å². The molecule has 0 atom stereocenters. The number of rotatable bonds is 4. The number of nitrogens with two attached hydrogens (primary N) is 2. The predicted octanol–water partition coefficient (Wildman–Crippen LogP) is 3.14. The predicted molar refractivity (Wildman–Crippen MR) is 101 cm³/mol. The van der Waals surface area contributed by atoms with E-state index in [0.717, 1.165) is 26.4 Å². The van der Waals surface area contributed by atoms with Gasteiger partial charge in [-0.25, -0.2) is 14.4 Å². The van der Waals surface area contributed by atoms with E-state index in [0.29, 0.717) is 11.6 Å². The molecule has 4 rings (SSSR count). The van der Waals surface area contributed by atoms with Crippen molar-refractivity contribution in [3.63, 3.8) is 0 Å². The van der Waals surface area contributed by atoms with Gasteiger partial charge in [-0.05, 0) is 17.7 Å². The van der Waals surface area contributed by atoms with Crippen molar-refractivity contribution in [3.05, 3.63) is 47.6 Å². The van der Waals surface area contributed by atoms with E-state index < -0.39 is 0 Å². The summed E-state index contributed by atoms with van der Waals surface area (Å²) in [5, 5.41) is 3.70. The maximum atomic E-state index is 13.2. The van der Waals surface area contributed by atoms with Crippen molar-refractivity contribution in [2.45, 2.75) is 10.8 Å². The molecule has 4 N–H and O–H groups in total. The van der Waals surface area contributed by atoms with Crippen LogP contribution in [0, 0.1) is 5.82 Å². The highest BCUT2D eigenvalue weighted by Gasteiger charge is 2.14. The van der Waals surface area contributed by atoms with Gasteiger partial charge >= 0.3 is 0 Å². The number of fused-ring (bicyclic) bond motifs is 1. The molecule has 0 spiro atoms. The molecular formula is C16H12FN7S2. The van der Waals surface area contributed by atoms with Crippen LogP contribution in [0.5, 0.6) is 0 Å². The smallest absolute Gasteiger partial charge is 0.225 e. The third kappa shape index (κ3) is 3.28. The minimum absolute atomic E-state index is 0.0865. The zero-order valence-electron chi connectivity index (χ0n) is 13.3. The Balaban J connectivity index is 1.71. The summed E-state index contributed by atoms with van der Waals surface area (Å²) in [5.74, 6) is 0.809. The summed E-state index contributed by atoms with van der Waals surface area (Å²) in [7, 11) is 0. The summed E-state index contributed by atoms with van der Waals surface area (Å²) in [6.07, 6.45) is 1.52. The largest absolute Gasteiger partial charge is 0.368 e. The van der Waals surface area contributed by atoms with Gasteiger partial charge in [-0.1, -0.05) is 23.9 Å². The average molecular weight is 385 g/mol. The fourth-order valence-electron chi connectivity index (χ4n) is 2.45. The van der Waals surface area contributed by atoms with Gasteiger partial charge in [-0.2, -0.15) is 15.0 Å². The van der Waals surface area contributed by atoms with Crippen molar-refractivity contribution < 1.29 is 4.39 Å². The molecular weight excluding hydrogens is 373 g/mol. The van der Waals surface area contributed by atoms with Crippen molar-refractivity contribution in [2.24, 2.45) is 0 Å². The van der Waals surface area contributed by atoms with Crippen molar-refractivity contribution in [1.29, 1.82) is 0 Å². The fraction of sp³-hybridized carbons (Fsp3) is 0.0625. The van der Waals surface area contributed by atoms with Crippen LogP contribution in [0.4, 0.5) is 16.3 Å². The van der Waals surface area contributed by atoms with Crippen LogP contribution in [-0.2, 0) is 5.75 Å². The summed E-state index contributed by atoms with van der Waals surface area (Å²) in [6.45, 7) is 0. The molecule has 0 saturated carbocycles.